The lowest BCUT2D eigenvalue weighted by atomic mass is 9.65. The third kappa shape index (κ3) is 7.80. The quantitative estimate of drug-likeness (QED) is 0.228. The monoisotopic (exact) mass is 584 g/mol. The van der Waals surface area contributed by atoms with E-state index in [-0.39, 0.29) is 40.3 Å². The topological polar surface area (TPSA) is 38.7 Å². The molecule has 2 saturated carbocycles. The van der Waals surface area contributed by atoms with Crippen LogP contribution < -0.4 is 0 Å². The first-order chi connectivity index (χ1) is 20.0. The highest BCUT2D eigenvalue weighted by molar-refractivity contribution is 5.38. The van der Waals surface area contributed by atoms with Gasteiger partial charge in [0, 0.05) is 6.42 Å². The number of aliphatic hydroxyl groups is 1. The normalized spacial score (nSPS) is 35.1. The molecule has 5 atom stereocenters. The summed E-state index contributed by atoms with van der Waals surface area (Å²) in [5.74, 6) is 0. The molecule has 0 amide bonds. The minimum Gasteiger partial charge on any atom is -0.393 e. The molecule has 0 spiro atoms. The maximum Gasteiger partial charge on any atom is 0.0982 e. The fraction of sp³-hybridized carbons (Fsp3) is 0.550. The minimum absolute atomic E-state index is 0.0411. The number of hydrogen-bond donors (Lipinski definition) is 1. The van der Waals surface area contributed by atoms with Gasteiger partial charge in [0.05, 0.1) is 29.5 Å². The van der Waals surface area contributed by atoms with Crippen molar-refractivity contribution in [1.29, 1.82) is 0 Å². The first kappa shape index (κ1) is 33.4. The molecular weight excluding hydrogens is 528 g/mol. The third-order valence-electron chi connectivity index (χ3n) is 10.00. The van der Waals surface area contributed by atoms with Crippen molar-refractivity contribution in [1.82, 2.24) is 0 Å². The van der Waals surface area contributed by atoms with Gasteiger partial charge in [0.1, 0.15) is 0 Å². The minimum atomic E-state index is -0.377. The van der Waals surface area contributed by atoms with Crippen molar-refractivity contribution >= 4 is 0 Å². The molecule has 0 unspecified atom stereocenters. The Morgan fingerprint density at radius 2 is 1.14 bits per heavy atom. The van der Waals surface area contributed by atoms with Crippen LogP contribution in [0.1, 0.15) is 101 Å². The Balaban J connectivity index is 1.29. The van der Waals surface area contributed by atoms with E-state index in [1.54, 1.807) is 0 Å². The van der Waals surface area contributed by atoms with Gasteiger partial charge in [-0.2, -0.15) is 0 Å². The van der Waals surface area contributed by atoms with Crippen molar-refractivity contribution in [2.45, 2.75) is 131 Å². The fourth-order valence-electron chi connectivity index (χ4n) is 7.74. The predicted octanol–water partition coefficient (Wildman–Crippen LogP) is 10.00. The van der Waals surface area contributed by atoms with E-state index < -0.39 is 0 Å². The van der Waals surface area contributed by atoms with Crippen molar-refractivity contribution < 1.29 is 14.6 Å². The van der Waals surface area contributed by atoms with Crippen molar-refractivity contribution in [3.63, 3.8) is 0 Å². The molecule has 0 aromatic carbocycles. The summed E-state index contributed by atoms with van der Waals surface area (Å²) in [6.45, 7) is 22.1. The molecule has 43 heavy (non-hydrogen) atoms. The van der Waals surface area contributed by atoms with E-state index >= 15 is 0 Å². The third-order valence-corrected chi connectivity index (χ3v) is 10.00. The van der Waals surface area contributed by atoms with Crippen LogP contribution in [0.4, 0.5) is 0 Å². The molecule has 1 N–H and O–H groups in total. The molecule has 3 nitrogen and oxygen atoms in total. The Labute approximate surface area is 262 Å². The summed E-state index contributed by atoms with van der Waals surface area (Å²) >= 11 is 0. The molecule has 0 aromatic rings. The van der Waals surface area contributed by atoms with Gasteiger partial charge < -0.3 is 14.6 Å². The maximum absolute atomic E-state index is 10.4. The van der Waals surface area contributed by atoms with Gasteiger partial charge >= 0.3 is 0 Å². The van der Waals surface area contributed by atoms with Crippen LogP contribution in [-0.4, -0.2) is 34.6 Å². The number of ether oxygens (including phenoxy) is 2. The fourth-order valence-corrected chi connectivity index (χ4v) is 7.74. The van der Waals surface area contributed by atoms with Gasteiger partial charge in [0.2, 0.25) is 0 Å². The Hall–Kier alpha value is -2.46. The van der Waals surface area contributed by atoms with Gasteiger partial charge in [0.25, 0.3) is 0 Å². The zero-order chi connectivity index (χ0) is 31.6. The van der Waals surface area contributed by atoms with Crippen molar-refractivity contribution in [3.05, 3.63) is 106 Å². The predicted molar refractivity (Wildman–Crippen MR) is 182 cm³/mol. The summed E-state index contributed by atoms with van der Waals surface area (Å²) in [6.07, 6.45) is 30.7. The van der Waals surface area contributed by atoms with Gasteiger partial charge in [-0.15, -0.1) is 0 Å². The molecule has 2 fully saturated rings. The molecule has 234 valence electrons. The largest absolute Gasteiger partial charge is 0.393 e. The van der Waals surface area contributed by atoms with Gasteiger partial charge in [-0.3, -0.25) is 0 Å². The number of rotatable bonds is 8. The second-order valence-electron chi connectivity index (χ2n) is 15.1. The van der Waals surface area contributed by atoms with Crippen LogP contribution in [0.25, 0.3) is 0 Å². The number of fused-ring (bicyclic) bond motifs is 2. The Bertz CT molecular complexity index is 1340. The van der Waals surface area contributed by atoms with Gasteiger partial charge in [-0.1, -0.05) is 99.6 Å². The number of aliphatic hydroxyl groups excluding tert-OH is 1. The smallest absolute Gasteiger partial charge is 0.0982 e. The van der Waals surface area contributed by atoms with Crippen LogP contribution in [0.3, 0.4) is 0 Å². The first-order valence-electron chi connectivity index (χ1n) is 16.3. The van der Waals surface area contributed by atoms with Gasteiger partial charge in [-0.05, 0) is 113 Å². The van der Waals surface area contributed by atoms with E-state index in [2.05, 4.69) is 142 Å². The molecule has 2 heterocycles. The standard InChI is InChI=1S/C40H56O3/c1-28(18-13-20-30(3)33-24-35-37(5,6)22-15-23-39(35,9)42-33)16-11-12-17-29(2)19-14-21-31(4)34-25-36-38(7,8)26-32(41)27-40(36,10)43-34/h11-14,16-21,24-25,32-34,41H,15,22-23,26-27H2,1-10H3/b12-11+,18-13+,19-14+,28-16-,29-17-,30-20-,31-21-/t32-,33+,34+,39-,40+/m1/s1. The van der Waals surface area contributed by atoms with Crippen LogP contribution in [0, 0.1) is 10.8 Å². The van der Waals surface area contributed by atoms with Crippen LogP contribution in [0.5, 0.6) is 0 Å². The van der Waals surface area contributed by atoms with E-state index in [4.69, 9.17) is 9.47 Å². The number of allylic oxidation sites excluding steroid dienone is 12. The van der Waals surface area contributed by atoms with Crippen LogP contribution >= 0.6 is 0 Å². The Morgan fingerprint density at radius 3 is 1.65 bits per heavy atom. The second-order valence-corrected chi connectivity index (χ2v) is 15.1. The van der Waals surface area contributed by atoms with Crippen LogP contribution in [0.15, 0.2) is 106 Å². The van der Waals surface area contributed by atoms with E-state index in [9.17, 15) is 5.11 Å². The lowest BCUT2D eigenvalue weighted by Crippen LogP contribution is -2.45. The van der Waals surface area contributed by atoms with Gasteiger partial charge in [0.15, 0.2) is 0 Å². The SMILES string of the molecule is CC(=C/C=C/C=C(C)\C=C\C=C(\C)[C@@H]1C=C2C(C)(C)C[C@@H](O)C[C@]2(C)O1)/C=C/C=C(/C)[C@@H]1C=C2C(C)(C)CCC[C@@]2(C)O1. The molecule has 3 heteroatoms. The molecule has 2 aliphatic heterocycles. The van der Waals surface area contributed by atoms with Gasteiger partial charge in [-0.25, -0.2) is 0 Å². The molecule has 4 aliphatic rings. The lowest BCUT2D eigenvalue weighted by Gasteiger charge is -2.44. The second kappa shape index (κ2) is 12.9. The summed E-state index contributed by atoms with van der Waals surface area (Å²) in [4.78, 5) is 0. The highest BCUT2D eigenvalue weighted by Crippen LogP contribution is 2.53. The van der Waals surface area contributed by atoms with E-state index in [1.807, 2.05) is 0 Å². The first-order valence-corrected chi connectivity index (χ1v) is 16.3. The zero-order valence-electron chi connectivity index (χ0n) is 28.5. The lowest BCUT2D eigenvalue weighted by molar-refractivity contribution is -0.0683. The van der Waals surface area contributed by atoms with Crippen molar-refractivity contribution in [2.75, 3.05) is 0 Å². The molecule has 4 rings (SSSR count). The highest BCUT2D eigenvalue weighted by atomic mass is 16.5. The van der Waals surface area contributed by atoms with E-state index in [0.29, 0.717) is 6.42 Å². The number of hydrogen-bond acceptors (Lipinski definition) is 3. The summed E-state index contributed by atoms with van der Waals surface area (Å²) < 4.78 is 13.0. The molecule has 0 saturated heterocycles. The van der Waals surface area contributed by atoms with Crippen LogP contribution in [0.2, 0.25) is 0 Å². The maximum atomic E-state index is 10.4. The van der Waals surface area contributed by atoms with Crippen LogP contribution in [-0.2, 0) is 9.47 Å². The average molecular weight is 585 g/mol. The molecular formula is C40H56O3. The van der Waals surface area contributed by atoms with Crippen molar-refractivity contribution in [3.8, 4) is 0 Å². The summed E-state index contributed by atoms with van der Waals surface area (Å²) in [6, 6.07) is 0. The summed E-state index contributed by atoms with van der Waals surface area (Å²) in [7, 11) is 0. The highest BCUT2D eigenvalue weighted by Gasteiger charge is 2.50. The van der Waals surface area contributed by atoms with E-state index in [1.165, 1.54) is 46.3 Å². The Kier molecular flexibility index (Phi) is 10.0. The molecule has 0 radical (unpaired) electrons. The summed E-state index contributed by atoms with van der Waals surface area (Å²) in [5.41, 5.74) is 7.31. The summed E-state index contributed by atoms with van der Waals surface area (Å²) in [5, 5.41) is 10.4. The van der Waals surface area contributed by atoms with Crippen molar-refractivity contribution in [2.24, 2.45) is 10.8 Å². The van der Waals surface area contributed by atoms with E-state index in [0.717, 1.165) is 12.8 Å². The zero-order valence-corrected chi connectivity index (χ0v) is 28.5. The molecule has 0 aromatic heterocycles. The molecule has 2 aliphatic carbocycles. The molecule has 0 bridgehead atoms. The average Bonchev–Trinajstić information content (AvgIpc) is 3.45. The Morgan fingerprint density at radius 1 is 0.651 bits per heavy atom.